The number of carbonyl (C=O) groups is 3. The largest absolute Gasteiger partial charge is 0.480 e. The number of fused-ring (bicyclic) bond motifs is 3. The Kier molecular flexibility index (Phi) is 6.31. The van der Waals surface area contributed by atoms with Gasteiger partial charge in [0, 0.05) is 12.5 Å². The fourth-order valence-corrected chi connectivity index (χ4v) is 4.55. The van der Waals surface area contributed by atoms with Crippen LogP contribution < -0.4 is 5.32 Å². The Morgan fingerprint density at radius 3 is 2.24 bits per heavy atom. The van der Waals surface area contributed by atoms with Crippen LogP contribution in [0.2, 0.25) is 0 Å². The van der Waals surface area contributed by atoms with Gasteiger partial charge in [0.25, 0.3) is 5.91 Å². The molecule has 2 amide bonds. The smallest absolute Gasteiger partial charge is 0.407 e. The highest BCUT2D eigenvalue weighted by molar-refractivity contribution is 5.89. The van der Waals surface area contributed by atoms with E-state index >= 15 is 0 Å². The third-order valence-corrected chi connectivity index (χ3v) is 6.16. The molecule has 0 saturated carbocycles. The number of carboxylic acid groups (broad SMARTS) is 1. The summed E-state index contributed by atoms with van der Waals surface area (Å²) in [5, 5.41) is 11.2. The van der Waals surface area contributed by atoms with Gasteiger partial charge in [0.15, 0.2) is 0 Å². The van der Waals surface area contributed by atoms with Crippen molar-refractivity contribution in [2.45, 2.75) is 37.1 Å². The molecule has 9 heteroatoms. The molecule has 4 rings (SSSR count). The number of hydrogen-bond acceptors (Lipinski definition) is 4. The van der Waals surface area contributed by atoms with Crippen molar-refractivity contribution in [1.82, 2.24) is 10.2 Å². The number of rotatable bonds is 6. The van der Waals surface area contributed by atoms with Crippen LogP contribution in [0.25, 0.3) is 11.1 Å². The molecule has 0 radical (unpaired) electrons. The number of alkyl halides is 2. The van der Waals surface area contributed by atoms with E-state index in [9.17, 15) is 28.3 Å². The molecule has 0 bridgehead atoms. The van der Waals surface area contributed by atoms with Gasteiger partial charge in [-0.2, -0.15) is 8.78 Å². The summed E-state index contributed by atoms with van der Waals surface area (Å²) < 4.78 is 34.2. The Labute approximate surface area is 189 Å². The van der Waals surface area contributed by atoms with E-state index in [0.717, 1.165) is 22.3 Å². The van der Waals surface area contributed by atoms with Crippen molar-refractivity contribution in [1.29, 1.82) is 0 Å². The minimum atomic E-state index is -3.95. The first-order valence-electron chi connectivity index (χ1n) is 10.8. The van der Waals surface area contributed by atoms with Crippen LogP contribution in [0.3, 0.4) is 0 Å². The second-order valence-corrected chi connectivity index (χ2v) is 8.23. The van der Waals surface area contributed by atoms with Crippen molar-refractivity contribution in [2.75, 3.05) is 19.7 Å². The normalized spacial score (nSPS) is 17.8. The number of nitrogens with zero attached hydrogens (tertiary/aromatic N) is 1. The van der Waals surface area contributed by atoms with Crippen LogP contribution in [0.4, 0.5) is 13.6 Å². The van der Waals surface area contributed by atoms with Gasteiger partial charge >= 0.3 is 18.0 Å². The van der Waals surface area contributed by atoms with Crippen LogP contribution in [0, 0.1) is 0 Å². The fraction of sp³-hybridized carbons (Fsp3) is 0.375. The first-order valence-corrected chi connectivity index (χ1v) is 10.8. The standard InChI is InChI=1S/C24H24F2N2O5/c25-24(26,22(31)28-12-6-5-11-20(28)21(29)30)14-27-23(32)33-13-19-17-9-3-1-7-15(17)16-8-2-4-10-18(16)19/h1-4,7-10,19-20H,5-6,11-14H2,(H,27,32)(H,29,30). The van der Waals surface area contributed by atoms with Crippen LogP contribution in [0.15, 0.2) is 48.5 Å². The number of amides is 2. The van der Waals surface area contributed by atoms with Gasteiger partial charge in [0.1, 0.15) is 12.6 Å². The molecule has 33 heavy (non-hydrogen) atoms. The number of piperidine rings is 1. The predicted octanol–water partition coefficient (Wildman–Crippen LogP) is 3.63. The quantitative estimate of drug-likeness (QED) is 0.689. The van der Waals surface area contributed by atoms with E-state index in [1.54, 1.807) is 0 Å². The number of halogens is 2. The molecular formula is C24H24F2N2O5. The zero-order valence-electron chi connectivity index (χ0n) is 17.8. The number of nitrogens with one attached hydrogen (secondary N) is 1. The third kappa shape index (κ3) is 4.53. The van der Waals surface area contributed by atoms with E-state index in [2.05, 4.69) is 0 Å². The van der Waals surface area contributed by atoms with E-state index in [4.69, 9.17) is 4.74 Å². The third-order valence-electron chi connectivity index (χ3n) is 6.16. The molecule has 1 aliphatic carbocycles. The molecule has 2 N–H and O–H groups in total. The van der Waals surface area contributed by atoms with Crippen molar-refractivity contribution in [3.8, 4) is 11.1 Å². The molecule has 1 unspecified atom stereocenters. The van der Waals surface area contributed by atoms with Crippen LogP contribution in [0.5, 0.6) is 0 Å². The topological polar surface area (TPSA) is 95.9 Å². The molecule has 2 aromatic rings. The summed E-state index contributed by atoms with van der Waals surface area (Å²) in [6.07, 6.45) is 0.0462. The highest BCUT2D eigenvalue weighted by Gasteiger charge is 2.46. The summed E-state index contributed by atoms with van der Waals surface area (Å²) in [6.45, 7) is -1.38. The zero-order chi connectivity index (χ0) is 23.6. The van der Waals surface area contributed by atoms with Crippen molar-refractivity contribution < 1.29 is 33.0 Å². The Bertz CT molecular complexity index is 1030. The van der Waals surface area contributed by atoms with Gasteiger partial charge < -0.3 is 20.1 Å². The zero-order valence-corrected chi connectivity index (χ0v) is 17.8. The highest BCUT2D eigenvalue weighted by atomic mass is 19.3. The SMILES string of the molecule is O=C(NCC(F)(F)C(=O)N1CCCCC1C(=O)O)OCC1c2ccccc2-c2ccccc21. The molecule has 1 heterocycles. The molecule has 1 saturated heterocycles. The number of ether oxygens (including phenoxy) is 1. The Morgan fingerprint density at radius 1 is 1.03 bits per heavy atom. The Hall–Kier alpha value is -3.49. The van der Waals surface area contributed by atoms with Crippen LogP contribution in [-0.2, 0) is 14.3 Å². The summed E-state index contributed by atoms with van der Waals surface area (Å²) in [4.78, 5) is 36.5. The van der Waals surface area contributed by atoms with Crippen LogP contribution >= 0.6 is 0 Å². The maximum absolute atomic E-state index is 14.5. The highest BCUT2D eigenvalue weighted by Crippen LogP contribution is 2.44. The molecule has 174 valence electrons. The van der Waals surface area contributed by atoms with E-state index < -0.39 is 36.5 Å². The van der Waals surface area contributed by atoms with Gasteiger partial charge in [-0.3, -0.25) is 4.79 Å². The average Bonchev–Trinajstić information content (AvgIpc) is 3.14. The molecule has 0 spiro atoms. The lowest BCUT2D eigenvalue weighted by molar-refractivity contribution is -0.166. The summed E-state index contributed by atoms with van der Waals surface area (Å²) >= 11 is 0. The molecule has 0 aromatic heterocycles. The van der Waals surface area contributed by atoms with Crippen LogP contribution in [-0.4, -0.2) is 59.6 Å². The average molecular weight is 458 g/mol. The molecular weight excluding hydrogens is 434 g/mol. The van der Waals surface area contributed by atoms with Crippen molar-refractivity contribution in [2.24, 2.45) is 0 Å². The number of carboxylic acids is 1. The second-order valence-electron chi connectivity index (χ2n) is 8.23. The Balaban J connectivity index is 1.36. The molecule has 7 nitrogen and oxygen atoms in total. The molecule has 1 fully saturated rings. The molecule has 2 aromatic carbocycles. The van der Waals surface area contributed by atoms with Crippen molar-refractivity contribution in [3.05, 3.63) is 59.7 Å². The maximum Gasteiger partial charge on any atom is 0.407 e. The van der Waals surface area contributed by atoms with E-state index in [0.29, 0.717) is 17.7 Å². The van der Waals surface area contributed by atoms with Gasteiger partial charge in [-0.15, -0.1) is 0 Å². The number of benzene rings is 2. The summed E-state index contributed by atoms with van der Waals surface area (Å²) in [5.74, 6) is -7.09. The van der Waals surface area contributed by atoms with Gasteiger partial charge in [-0.05, 0) is 41.5 Å². The number of likely N-dealkylation sites (tertiary alicyclic amines) is 1. The lowest BCUT2D eigenvalue weighted by Crippen LogP contribution is -2.56. The fourth-order valence-electron chi connectivity index (χ4n) is 4.55. The summed E-state index contributed by atoms with van der Waals surface area (Å²) in [6, 6.07) is 14.1. The van der Waals surface area contributed by atoms with Gasteiger partial charge in [-0.25, -0.2) is 9.59 Å². The van der Waals surface area contributed by atoms with Gasteiger partial charge in [-0.1, -0.05) is 48.5 Å². The monoisotopic (exact) mass is 458 g/mol. The minimum absolute atomic E-state index is 0.0490. The van der Waals surface area contributed by atoms with Crippen LogP contribution in [0.1, 0.15) is 36.3 Å². The molecule has 1 aliphatic heterocycles. The Morgan fingerprint density at radius 2 is 1.64 bits per heavy atom. The minimum Gasteiger partial charge on any atom is -0.480 e. The number of alkyl carbamates (subject to hydrolysis) is 1. The number of hydrogen-bond donors (Lipinski definition) is 2. The van der Waals surface area contributed by atoms with E-state index in [1.165, 1.54) is 0 Å². The molecule has 2 aliphatic rings. The summed E-state index contributed by atoms with van der Waals surface area (Å²) in [7, 11) is 0. The van der Waals surface area contributed by atoms with Gasteiger partial charge in [0.05, 0.1) is 6.54 Å². The first-order chi connectivity index (χ1) is 15.8. The maximum atomic E-state index is 14.5. The van der Waals surface area contributed by atoms with Gasteiger partial charge in [0.2, 0.25) is 0 Å². The van der Waals surface area contributed by atoms with Crippen molar-refractivity contribution in [3.63, 3.8) is 0 Å². The first kappa shape index (κ1) is 22.7. The lowest BCUT2D eigenvalue weighted by Gasteiger charge is -2.35. The number of carbonyl (C=O) groups excluding carboxylic acids is 2. The number of aliphatic carboxylic acids is 1. The lowest BCUT2D eigenvalue weighted by atomic mass is 9.98. The molecule has 1 atom stereocenters. The van der Waals surface area contributed by atoms with E-state index in [1.807, 2.05) is 53.8 Å². The second kappa shape index (κ2) is 9.17. The predicted molar refractivity (Wildman–Crippen MR) is 115 cm³/mol. The van der Waals surface area contributed by atoms with E-state index in [-0.39, 0.29) is 25.5 Å². The van der Waals surface area contributed by atoms with Crippen molar-refractivity contribution >= 4 is 18.0 Å². The summed E-state index contributed by atoms with van der Waals surface area (Å²) in [5.41, 5.74) is 4.04.